The minimum Gasteiger partial charge on any atom is -0.480 e. The molecule has 0 unspecified atom stereocenters. The third-order valence-electron chi connectivity index (χ3n) is 7.39. The Labute approximate surface area is 205 Å². The lowest BCUT2D eigenvalue weighted by Crippen LogP contribution is -2.65. The first-order chi connectivity index (χ1) is 17.0. The molecule has 0 aliphatic heterocycles. The second-order valence-electron chi connectivity index (χ2n) is 9.35. The first kappa shape index (κ1) is 23.0. The number of benzene rings is 4. The predicted octanol–water partition coefficient (Wildman–Crippen LogP) is 5.24. The van der Waals surface area contributed by atoms with Crippen LogP contribution in [0, 0.1) is 5.92 Å². The molecule has 4 aromatic carbocycles. The minimum atomic E-state index is -1.45. The molecule has 1 aliphatic rings. The Morgan fingerprint density at radius 1 is 0.800 bits per heavy atom. The second-order valence-corrected chi connectivity index (χ2v) is 9.35. The fraction of sp³-hybridized carbons (Fsp3) is 0.194. The average Bonchev–Trinajstić information content (AvgIpc) is 3.19. The molecule has 0 bridgehead atoms. The second kappa shape index (κ2) is 9.14. The topological polar surface area (TPSA) is 69.6 Å². The molecule has 35 heavy (non-hydrogen) atoms. The first-order valence-electron chi connectivity index (χ1n) is 12.0. The van der Waals surface area contributed by atoms with E-state index in [0.29, 0.717) is 0 Å². The number of rotatable bonds is 8. The van der Waals surface area contributed by atoms with Crippen LogP contribution in [0.2, 0.25) is 0 Å². The minimum absolute atomic E-state index is 0.226. The smallest absolute Gasteiger partial charge is 0.324 e. The third-order valence-corrected chi connectivity index (χ3v) is 7.39. The van der Waals surface area contributed by atoms with Gasteiger partial charge in [0.05, 0.1) is 5.54 Å². The van der Waals surface area contributed by atoms with Crippen molar-refractivity contribution in [1.82, 2.24) is 5.32 Å². The molecule has 0 fully saturated rings. The van der Waals surface area contributed by atoms with Crippen molar-refractivity contribution >= 4 is 5.97 Å². The SMILES string of the molecule is C[C@H](CO)[C@](Cc1ccccc1)(NC1(c2ccccc2)c2ccccc2-c2ccccc21)C(=O)O. The van der Waals surface area contributed by atoms with Crippen LogP contribution in [0.25, 0.3) is 11.1 Å². The summed E-state index contributed by atoms with van der Waals surface area (Å²) in [6, 6.07) is 36.0. The van der Waals surface area contributed by atoms with Crippen LogP contribution in [0.1, 0.15) is 29.2 Å². The molecule has 1 aliphatic carbocycles. The number of aliphatic hydroxyl groups excluding tert-OH is 1. The van der Waals surface area contributed by atoms with Crippen LogP contribution in [-0.4, -0.2) is 28.3 Å². The fourth-order valence-corrected chi connectivity index (χ4v) is 5.53. The number of hydrogen-bond acceptors (Lipinski definition) is 3. The number of carboxylic acid groups (broad SMARTS) is 1. The lowest BCUT2D eigenvalue weighted by atomic mass is 9.73. The van der Waals surface area contributed by atoms with Gasteiger partial charge in [-0.25, -0.2) is 0 Å². The Balaban J connectivity index is 1.81. The van der Waals surface area contributed by atoms with Crippen molar-refractivity contribution in [3.63, 3.8) is 0 Å². The normalized spacial score (nSPS) is 16.1. The molecule has 3 N–H and O–H groups in total. The number of fused-ring (bicyclic) bond motifs is 3. The van der Waals surface area contributed by atoms with Crippen molar-refractivity contribution in [3.05, 3.63) is 131 Å². The highest BCUT2D eigenvalue weighted by atomic mass is 16.4. The van der Waals surface area contributed by atoms with Gasteiger partial charge in [0.25, 0.3) is 0 Å². The first-order valence-corrected chi connectivity index (χ1v) is 12.0. The molecule has 0 heterocycles. The summed E-state index contributed by atoms with van der Waals surface area (Å²) in [6.07, 6.45) is 0.226. The molecular formula is C31H29NO3. The van der Waals surface area contributed by atoms with Crippen molar-refractivity contribution in [2.24, 2.45) is 5.92 Å². The van der Waals surface area contributed by atoms with E-state index in [0.717, 1.165) is 33.4 Å². The summed E-state index contributed by atoms with van der Waals surface area (Å²) >= 11 is 0. The Bertz CT molecular complexity index is 1290. The molecular weight excluding hydrogens is 434 g/mol. The summed E-state index contributed by atoms with van der Waals surface area (Å²) in [5.74, 6) is -1.55. The van der Waals surface area contributed by atoms with E-state index in [4.69, 9.17) is 0 Å². The Morgan fingerprint density at radius 3 is 1.80 bits per heavy atom. The van der Waals surface area contributed by atoms with E-state index >= 15 is 0 Å². The van der Waals surface area contributed by atoms with Gasteiger partial charge in [-0.3, -0.25) is 10.1 Å². The van der Waals surface area contributed by atoms with Crippen LogP contribution in [0.4, 0.5) is 0 Å². The molecule has 0 spiro atoms. The van der Waals surface area contributed by atoms with E-state index in [2.05, 4.69) is 29.6 Å². The summed E-state index contributed by atoms with van der Waals surface area (Å²) in [5, 5.41) is 24.9. The van der Waals surface area contributed by atoms with E-state index in [1.54, 1.807) is 6.92 Å². The van der Waals surface area contributed by atoms with Gasteiger partial charge < -0.3 is 10.2 Å². The van der Waals surface area contributed by atoms with E-state index in [-0.39, 0.29) is 13.0 Å². The van der Waals surface area contributed by atoms with E-state index in [9.17, 15) is 15.0 Å². The number of carbonyl (C=O) groups is 1. The Kier molecular flexibility index (Phi) is 6.01. The maximum absolute atomic E-state index is 13.2. The molecule has 4 aromatic rings. The molecule has 0 radical (unpaired) electrons. The van der Waals surface area contributed by atoms with Crippen LogP contribution in [-0.2, 0) is 16.8 Å². The van der Waals surface area contributed by atoms with Gasteiger partial charge in [-0.2, -0.15) is 0 Å². The van der Waals surface area contributed by atoms with E-state index < -0.39 is 23.0 Å². The highest BCUT2D eigenvalue weighted by Gasteiger charge is 2.54. The molecule has 0 amide bonds. The standard InChI is InChI=1S/C31H29NO3/c1-22(21-33)30(29(34)35,20-23-12-4-2-5-13-23)32-31(24-14-6-3-7-15-24)27-18-10-8-16-25(27)26-17-9-11-19-28(26)31/h2-19,22,32-33H,20-21H2,1H3,(H,34,35)/t22-,30+/m1/s1. The lowest BCUT2D eigenvalue weighted by molar-refractivity contribution is -0.149. The fourth-order valence-electron chi connectivity index (χ4n) is 5.53. The molecule has 0 aromatic heterocycles. The van der Waals surface area contributed by atoms with Crippen LogP contribution in [0.15, 0.2) is 109 Å². The summed E-state index contributed by atoms with van der Waals surface area (Å²) in [4.78, 5) is 13.2. The zero-order valence-electron chi connectivity index (χ0n) is 19.7. The summed E-state index contributed by atoms with van der Waals surface area (Å²) < 4.78 is 0. The average molecular weight is 464 g/mol. The largest absolute Gasteiger partial charge is 0.480 e. The molecule has 5 rings (SSSR count). The summed E-state index contributed by atoms with van der Waals surface area (Å²) in [5.41, 5.74) is 3.67. The highest BCUT2D eigenvalue weighted by molar-refractivity contribution is 5.85. The van der Waals surface area contributed by atoms with Crippen LogP contribution >= 0.6 is 0 Å². The number of carboxylic acids is 1. The number of hydrogen-bond donors (Lipinski definition) is 3. The Morgan fingerprint density at radius 2 is 1.29 bits per heavy atom. The molecule has 0 saturated heterocycles. The van der Waals surface area contributed by atoms with Crippen molar-refractivity contribution in [1.29, 1.82) is 0 Å². The van der Waals surface area contributed by atoms with Crippen LogP contribution in [0.3, 0.4) is 0 Å². The number of aliphatic carboxylic acids is 1. The van der Waals surface area contributed by atoms with Crippen molar-refractivity contribution in [2.75, 3.05) is 6.61 Å². The van der Waals surface area contributed by atoms with Crippen molar-refractivity contribution in [2.45, 2.75) is 24.4 Å². The van der Waals surface area contributed by atoms with Gasteiger partial charge in [-0.1, -0.05) is 116 Å². The van der Waals surface area contributed by atoms with Gasteiger partial charge in [-0.15, -0.1) is 0 Å². The molecule has 0 saturated carbocycles. The van der Waals surface area contributed by atoms with Gasteiger partial charge in [0.15, 0.2) is 0 Å². The summed E-state index contributed by atoms with van der Waals surface area (Å²) in [7, 11) is 0. The van der Waals surface area contributed by atoms with Gasteiger partial charge >= 0.3 is 5.97 Å². The van der Waals surface area contributed by atoms with Crippen molar-refractivity contribution in [3.8, 4) is 11.1 Å². The Hall–Kier alpha value is -3.73. The third kappa shape index (κ3) is 3.66. The van der Waals surface area contributed by atoms with Crippen LogP contribution in [0.5, 0.6) is 0 Å². The molecule has 176 valence electrons. The monoisotopic (exact) mass is 463 g/mol. The van der Waals surface area contributed by atoms with Crippen LogP contribution < -0.4 is 5.32 Å². The zero-order chi connectivity index (χ0) is 24.5. The lowest BCUT2D eigenvalue weighted by Gasteiger charge is -2.45. The molecule has 4 nitrogen and oxygen atoms in total. The van der Waals surface area contributed by atoms with Crippen molar-refractivity contribution < 1.29 is 15.0 Å². The van der Waals surface area contributed by atoms with Gasteiger partial charge in [0, 0.05) is 18.9 Å². The maximum Gasteiger partial charge on any atom is 0.324 e. The highest BCUT2D eigenvalue weighted by Crippen LogP contribution is 2.52. The quantitative estimate of drug-likeness (QED) is 0.334. The maximum atomic E-state index is 13.2. The predicted molar refractivity (Wildman–Crippen MR) is 138 cm³/mol. The van der Waals surface area contributed by atoms with Gasteiger partial charge in [0.2, 0.25) is 0 Å². The summed E-state index contributed by atoms with van der Waals surface area (Å²) in [6.45, 7) is 1.54. The van der Waals surface area contributed by atoms with E-state index in [1.807, 2.05) is 84.9 Å². The number of aliphatic hydroxyl groups is 1. The van der Waals surface area contributed by atoms with Gasteiger partial charge in [-0.05, 0) is 33.4 Å². The van der Waals surface area contributed by atoms with E-state index in [1.165, 1.54) is 0 Å². The number of nitrogens with one attached hydrogen (secondary N) is 1. The molecule has 2 atom stereocenters. The molecule has 4 heteroatoms. The zero-order valence-corrected chi connectivity index (χ0v) is 19.7. The van der Waals surface area contributed by atoms with Gasteiger partial charge in [0.1, 0.15) is 5.54 Å².